The van der Waals surface area contributed by atoms with Crippen molar-refractivity contribution in [1.82, 2.24) is 10.2 Å². The molecule has 1 aliphatic rings. The molecular formula is C18H27N3O2. The summed E-state index contributed by atoms with van der Waals surface area (Å²) in [7, 11) is 0. The van der Waals surface area contributed by atoms with E-state index in [0.717, 1.165) is 18.4 Å². The van der Waals surface area contributed by atoms with Crippen molar-refractivity contribution in [3.8, 4) is 0 Å². The fourth-order valence-electron chi connectivity index (χ4n) is 2.71. The van der Waals surface area contributed by atoms with E-state index < -0.39 is 5.54 Å². The summed E-state index contributed by atoms with van der Waals surface area (Å²) in [5, 5.41) is 2.90. The third-order valence-electron chi connectivity index (χ3n) is 4.10. The zero-order valence-electron chi connectivity index (χ0n) is 14.3. The molecule has 0 radical (unpaired) electrons. The molecule has 1 fully saturated rings. The Morgan fingerprint density at radius 3 is 2.57 bits per heavy atom. The maximum atomic E-state index is 12.6. The molecule has 1 aromatic carbocycles. The van der Waals surface area contributed by atoms with E-state index in [1.165, 1.54) is 0 Å². The van der Waals surface area contributed by atoms with Gasteiger partial charge in [0.1, 0.15) is 0 Å². The first-order chi connectivity index (χ1) is 10.8. The quantitative estimate of drug-likeness (QED) is 0.887. The Balaban J connectivity index is 1.96. The van der Waals surface area contributed by atoms with Crippen LogP contribution in [0.5, 0.6) is 0 Å². The number of nitrogens with one attached hydrogen (secondary N) is 1. The van der Waals surface area contributed by atoms with Crippen LogP contribution >= 0.6 is 0 Å². The molecule has 0 aliphatic carbocycles. The minimum Gasteiger partial charge on any atom is -0.354 e. The monoisotopic (exact) mass is 317 g/mol. The van der Waals surface area contributed by atoms with E-state index in [0.29, 0.717) is 25.2 Å². The molecule has 0 bridgehead atoms. The van der Waals surface area contributed by atoms with Gasteiger partial charge in [0.15, 0.2) is 0 Å². The molecule has 1 heterocycles. The Kier molecular flexibility index (Phi) is 5.42. The highest BCUT2D eigenvalue weighted by Gasteiger charge is 2.29. The number of aryl methyl sites for hydroxylation is 1. The Labute approximate surface area is 138 Å². The Morgan fingerprint density at radius 2 is 1.96 bits per heavy atom. The van der Waals surface area contributed by atoms with Gasteiger partial charge in [0.25, 0.3) is 5.91 Å². The fraction of sp³-hybridized carbons (Fsp3) is 0.556. The molecule has 1 saturated heterocycles. The molecule has 2 amide bonds. The van der Waals surface area contributed by atoms with Crippen LogP contribution in [-0.2, 0) is 4.79 Å². The molecule has 23 heavy (non-hydrogen) atoms. The number of likely N-dealkylation sites (tertiary alicyclic amines) is 1. The van der Waals surface area contributed by atoms with E-state index in [2.05, 4.69) is 5.32 Å². The number of benzene rings is 1. The van der Waals surface area contributed by atoms with Crippen LogP contribution in [0.2, 0.25) is 0 Å². The van der Waals surface area contributed by atoms with Gasteiger partial charge in [0, 0.05) is 30.7 Å². The lowest BCUT2D eigenvalue weighted by molar-refractivity contribution is -0.126. The van der Waals surface area contributed by atoms with Crippen LogP contribution in [0.25, 0.3) is 0 Å². The SMILES string of the molecule is Cc1ccc(C(=O)N2CCCC(C(=O)NCC(C)(C)N)C2)cc1. The third kappa shape index (κ3) is 5.06. The van der Waals surface area contributed by atoms with Gasteiger partial charge in [-0.2, -0.15) is 0 Å². The Bertz CT molecular complexity index is 561. The van der Waals surface area contributed by atoms with Crippen LogP contribution in [-0.4, -0.2) is 41.9 Å². The van der Waals surface area contributed by atoms with Crippen LogP contribution < -0.4 is 11.1 Å². The van der Waals surface area contributed by atoms with Gasteiger partial charge in [-0.3, -0.25) is 9.59 Å². The zero-order valence-corrected chi connectivity index (χ0v) is 14.3. The number of carbonyl (C=O) groups is 2. The number of hydrogen-bond donors (Lipinski definition) is 2. The van der Waals surface area contributed by atoms with Gasteiger partial charge < -0.3 is 16.0 Å². The highest BCUT2D eigenvalue weighted by Crippen LogP contribution is 2.19. The van der Waals surface area contributed by atoms with Crippen LogP contribution in [0.3, 0.4) is 0 Å². The highest BCUT2D eigenvalue weighted by molar-refractivity contribution is 5.94. The molecular weight excluding hydrogens is 290 g/mol. The number of nitrogens with zero attached hydrogens (tertiary/aromatic N) is 1. The number of rotatable bonds is 4. The number of nitrogens with two attached hydrogens (primary N) is 1. The van der Waals surface area contributed by atoms with E-state index in [9.17, 15) is 9.59 Å². The molecule has 1 unspecified atom stereocenters. The molecule has 1 atom stereocenters. The molecule has 126 valence electrons. The largest absolute Gasteiger partial charge is 0.354 e. The van der Waals surface area contributed by atoms with Crippen LogP contribution in [0.4, 0.5) is 0 Å². The van der Waals surface area contributed by atoms with Gasteiger partial charge >= 0.3 is 0 Å². The normalized spacial score (nSPS) is 18.6. The predicted octanol–water partition coefficient (Wildman–Crippen LogP) is 1.70. The summed E-state index contributed by atoms with van der Waals surface area (Å²) in [5.74, 6) is -0.160. The first-order valence-electron chi connectivity index (χ1n) is 8.19. The minimum atomic E-state index is -0.429. The smallest absolute Gasteiger partial charge is 0.253 e. The summed E-state index contributed by atoms with van der Waals surface area (Å²) in [5.41, 5.74) is 7.28. The average Bonchev–Trinajstić information content (AvgIpc) is 2.52. The first kappa shape index (κ1) is 17.5. The van der Waals surface area contributed by atoms with Crippen molar-refractivity contribution in [2.24, 2.45) is 11.7 Å². The van der Waals surface area contributed by atoms with Crippen molar-refractivity contribution >= 4 is 11.8 Å². The molecule has 5 nitrogen and oxygen atoms in total. The molecule has 1 aromatic rings. The van der Waals surface area contributed by atoms with Gasteiger partial charge in [0.2, 0.25) is 5.91 Å². The van der Waals surface area contributed by atoms with Crippen molar-refractivity contribution in [2.75, 3.05) is 19.6 Å². The van der Waals surface area contributed by atoms with Crippen molar-refractivity contribution in [2.45, 2.75) is 39.2 Å². The van der Waals surface area contributed by atoms with Gasteiger partial charge in [-0.05, 0) is 45.7 Å². The fourth-order valence-corrected chi connectivity index (χ4v) is 2.71. The minimum absolute atomic E-state index is 0.00153. The topological polar surface area (TPSA) is 75.4 Å². The van der Waals surface area contributed by atoms with Crippen LogP contribution in [0, 0.1) is 12.8 Å². The Morgan fingerprint density at radius 1 is 1.30 bits per heavy atom. The van der Waals surface area contributed by atoms with E-state index in [-0.39, 0.29) is 17.7 Å². The summed E-state index contributed by atoms with van der Waals surface area (Å²) >= 11 is 0. The van der Waals surface area contributed by atoms with E-state index in [1.54, 1.807) is 4.90 Å². The summed E-state index contributed by atoms with van der Waals surface area (Å²) in [6, 6.07) is 7.56. The maximum absolute atomic E-state index is 12.6. The van der Waals surface area contributed by atoms with Crippen LogP contribution in [0.15, 0.2) is 24.3 Å². The second-order valence-electron chi connectivity index (χ2n) is 7.16. The van der Waals surface area contributed by atoms with Gasteiger partial charge in [-0.15, -0.1) is 0 Å². The van der Waals surface area contributed by atoms with E-state index in [4.69, 9.17) is 5.73 Å². The van der Waals surface area contributed by atoms with Crippen molar-refractivity contribution in [3.63, 3.8) is 0 Å². The molecule has 5 heteroatoms. The first-order valence-corrected chi connectivity index (χ1v) is 8.19. The summed E-state index contributed by atoms with van der Waals surface area (Å²) in [6.07, 6.45) is 1.66. The number of piperidine rings is 1. The lowest BCUT2D eigenvalue weighted by atomic mass is 9.96. The third-order valence-corrected chi connectivity index (χ3v) is 4.10. The van der Waals surface area contributed by atoms with Gasteiger partial charge in [-0.25, -0.2) is 0 Å². The second kappa shape index (κ2) is 7.13. The molecule has 2 rings (SSSR count). The lowest BCUT2D eigenvalue weighted by Gasteiger charge is -2.32. The van der Waals surface area contributed by atoms with Crippen molar-refractivity contribution in [3.05, 3.63) is 35.4 Å². The average molecular weight is 317 g/mol. The molecule has 0 aromatic heterocycles. The second-order valence-corrected chi connectivity index (χ2v) is 7.16. The predicted molar refractivity (Wildman–Crippen MR) is 91.1 cm³/mol. The number of carbonyl (C=O) groups excluding carboxylic acids is 2. The van der Waals surface area contributed by atoms with E-state index in [1.807, 2.05) is 45.0 Å². The molecule has 0 saturated carbocycles. The standard InChI is InChI=1S/C18H27N3O2/c1-13-6-8-14(9-7-13)17(23)21-10-4-5-15(11-21)16(22)20-12-18(2,3)19/h6-9,15H,4-5,10-12,19H2,1-3H3,(H,20,22). The Hall–Kier alpha value is -1.88. The van der Waals surface area contributed by atoms with Gasteiger partial charge in [-0.1, -0.05) is 17.7 Å². The number of amides is 2. The maximum Gasteiger partial charge on any atom is 0.253 e. The van der Waals surface area contributed by atoms with E-state index >= 15 is 0 Å². The summed E-state index contributed by atoms with van der Waals surface area (Å²) < 4.78 is 0. The molecule has 1 aliphatic heterocycles. The van der Waals surface area contributed by atoms with Gasteiger partial charge in [0.05, 0.1) is 5.92 Å². The highest BCUT2D eigenvalue weighted by atomic mass is 16.2. The molecule has 0 spiro atoms. The van der Waals surface area contributed by atoms with Crippen LogP contribution in [0.1, 0.15) is 42.6 Å². The number of hydrogen-bond acceptors (Lipinski definition) is 3. The van der Waals surface area contributed by atoms with Crippen molar-refractivity contribution in [1.29, 1.82) is 0 Å². The lowest BCUT2D eigenvalue weighted by Crippen LogP contribution is -2.50. The zero-order chi connectivity index (χ0) is 17.0. The molecule has 3 N–H and O–H groups in total. The van der Waals surface area contributed by atoms with Crippen molar-refractivity contribution < 1.29 is 9.59 Å². The summed E-state index contributed by atoms with van der Waals surface area (Å²) in [6.45, 7) is 7.37. The summed E-state index contributed by atoms with van der Waals surface area (Å²) in [4.78, 5) is 26.6.